The molecule has 0 radical (unpaired) electrons. The van der Waals surface area contributed by atoms with Crippen molar-refractivity contribution in [2.45, 2.75) is 25.4 Å². The molecule has 1 fully saturated rings. The number of hydrogen-bond acceptors (Lipinski definition) is 3. The molecule has 3 rings (SSSR count). The van der Waals surface area contributed by atoms with E-state index in [2.05, 4.69) is 15.2 Å². The van der Waals surface area contributed by atoms with Crippen LogP contribution in [0.2, 0.25) is 0 Å². The van der Waals surface area contributed by atoms with Gasteiger partial charge in [-0.15, -0.1) is 0 Å². The third kappa shape index (κ3) is 4.82. The number of hydrogen-bond donors (Lipinski definition) is 1. The molecule has 0 spiro atoms. The van der Waals surface area contributed by atoms with Crippen molar-refractivity contribution in [3.05, 3.63) is 54.4 Å². The Kier molecular flexibility index (Phi) is 6.22. The van der Waals surface area contributed by atoms with Gasteiger partial charge >= 0.3 is 6.03 Å². The van der Waals surface area contributed by atoms with Crippen LogP contribution in [0.15, 0.2) is 43.0 Å². The summed E-state index contributed by atoms with van der Waals surface area (Å²) in [5.74, 6) is -0.239. The number of aromatic nitrogens is 2. The van der Waals surface area contributed by atoms with Gasteiger partial charge in [0.2, 0.25) is 0 Å². The van der Waals surface area contributed by atoms with Crippen LogP contribution in [0.5, 0.6) is 0 Å². The Balaban J connectivity index is 1.56. The van der Waals surface area contributed by atoms with E-state index in [4.69, 9.17) is 0 Å². The molecule has 2 amide bonds. The Morgan fingerprint density at radius 3 is 2.69 bits per heavy atom. The van der Waals surface area contributed by atoms with Gasteiger partial charge in [-0.1, -0.05) is 12.1 Å². The van der Waals surface area contributed by atoms with Gasteiger partial charge in [0.05, 0.1) is 12.4 Å². The largest absolute Gasteiger partial charge is 0.336 e. The quantitative estimate of drug-likeness (QED) is 0.826. The van der Waals surface area contributed by atoms with Crippen molar-refractivity contribution in [3.63, 3.8) is 0 Å². The van der Waals surface area contributed by atoms with Crippen molar-refractivity contribution in [1.29, 1.82) is 0 Å². The van der Waals surface area contributed by atoms with Gasteiger partial charge < -0.3 is 14.8 Å². The summed E-state index contributed by atoms with van der Waals surface area (Å²) in [6.45, 7) is 3.84. The zero-order chi connectivity index (χ0) is 18.4. The third-order valence-electron chi connectivity index (χ3n) is 4.88. The first-order valence-electron chi connectivity index (χ1n) is 9.08. The molecule has 0 bridgehead atoms. The molecular formula is C19H26FN5O. The summed E-state index contributed by atoms with van der Waals surface area (Å²) in [4.78, 5) is 20.5. The van der Waals surface area contributed by atoms with Gasteiger partial charge in [0.15, 0.2) is 0 Å². The van der Waals surface area contributed by atoms with E-state index in [0.717, 1.165) is 31.5 Å². The number of amides is 2. The van der Waals surface area contributed by atoms with Crippen LogP contribution >= 0.6 is 0 Å². The van der Waals surface area contributed by atoms with E-state index in [9.17, 15) is 9.18 Å². The van der Waals surface area contributed by atoms with Crippen LogP contribution in [0.25, 0.3) is 0 Å². The number of rotatable bonds is 7. The maximum Gasteiger partial charge on any atom is 0.317 e. The van der Waals surface area contributed by atoms with E-state index in [1.165, 1.54) is 12.1 Å². The molecular weight excluding hydrogens is 333 g/mol. The van der Waals surface area contributed by atoms with E-state index < -0.39 is 0 Å². The summed E-state index contributed by atoms with van der Waals surface area (Å²) < 4.78 is 15.2. The lowest BCUT2D eigenvalue weighted by Gasteiger charge is -2.29. The fourth-order valence-electron chi connectivity index (χ4n) is 3.30. The molecule has 0 aliphatic carbocycles. The fraction of sp³-hybridized carbons (Fsp3) is 0.474. The standard InChI is InChI=1S/C19H26FN5O/c1-23(12-13-24-11-8-21-15-24)19(26)22-14-18(25-9-2-3-10-25)16-4-6-17(20)7-5-16/h4-8,11,15,18H,2-3,9-10,12-14H2,1H3,(H,22,26)/t18-/m0/s1. The van der Waals surface area contributed by atoms with E-state index in [1.54, 1.807) is 24.5 Å². The Labute approximate surface area is 153 Å². The summed E-state index contributed by atoms with van der Waals surface area (Å²) in [7, 11) is 1.79. The van der Waals surface area contributed by atoms with Crippen LogP contribution in [0.1, 0.15) is 24.4 Å². The number of halogens is 1. The second-order valence-electron chi connectivity index (χ2n) is 6.72. The zero-order valence-corrected chi connectivity index (χ0v) is 15.1. The molecule has 2 heterocycles. The predicted molar refractivity (Wildman–Crippen MR) is 98.2 cm³/mol. The minimum Gasteiger partial charge on any atom is -0.336 e. The highest BCUT2D eigenvalue weighted by atomic mass is 19.1. The number of carbonyl (C=O) groups is 1. The Hall–Kier alpha value is -2.41. The number of nitrogens with zero attached hydrogens (tertiary/aromatic N) is 4. The molecule has 1 aromatic carbocycles. The number of imidazole rings is 1. The molecule has 1 aliphatic rings. The highest BCUT2D eigenvalue weighted by Gasteiger charge is 2.24. The molecule has 1 atom stereocenters. The Morgan fingerprint density at radius 2 is 2.04 bits per heavy atom. The summed E-state index contributed by atoms with van der Waals surface area (Å²) in [5.41, 5.74) is 1.04. The second kappa shape index (κ2) is 8.80. The lowest BCUT2D eigenvalue weighted by Crippen LogP contribution is -2.43. The normalized spacial score (nSPS) is 15.8. The van der Waals surface area contributed by atoms with Crippen LogP contribution < -0.4 is 5.32 Å². The first-order chi connectivity index (χ1) is 12.6. The van der Waals surface area contributed by atoms with Crippen LogP contribution in [0.4, 0.5) is 9.18 Å². The molecule has 1 aliphatic heterocycles. The van der Waals surface area contributed by atoms with Crippen molar-refractivity contribution < 1.29 is 9.18 Å². The molecule has 140 valence electrons. The minimum atomic E-state index is -0.239. The highest BCUT2D eigenvalue weighted by Crippen LogP contribution is 2.24. The second-order valence-corrected chi connectivity index (χ2v) is 6.72. The number of nitrogens with one attached hydrogen (secondary N) is 1. The molecule has 26 heavy (non-hydrogen) atoms. The zero-order valence-electron chi connectivity index (χ0n) is 15.1. The molecule has 0 saturated carbocycles. The molecule has 2 aromatic rings. The van der Waals surface area contributed by atoms with Crippen LogP contribution in [-0.4, -0.2) is 58.6 Å². The fourth-order valence-corrected chi connectivity index (χ4v) is 3.30. The first kappa shape index (κ1) is 18.4. The summed E-state index contributed by atoms with van der Waals surface area (Å²) >= 11 is 0. The minimum absolute atomic E-state index is 0.0732. The number of urea groups is 1. The molecule has 1 saturated heterocycles. The number of likely N-dealkylation sites (N-methyl/N-ethyl adjacent to an activating group) is 1. The van der Waals surface area contributed by atoms with Gasteiger partial charge in [0.1, 0.15) is 5.82 Å². The molecule has 1 N–H and O–H groups in total. The predicted octanol–water partition coefficient (Wildman–Crippen LogP) is 2.50. The van der Waals surface area contributed by atoms with Crippen molar-refractivity contribution >= 4 is 6.03 Å². The average Bonchev–Trinajstić information content (AvgIpc) is 3.35. The lowest BCUT2D eigenvalue weighted by atomic mass is 10.1. The van der Waals surface area contributed by atoms with Gasteiger partial charge in [-0.25, -0.2) is 14.2 Å². The van der Waals surface area contributed by atoms with E-state index in [1.807, 2.05) is 22.9 Å². The van der Waals surface area contributed by atoms with Gasteiger partial charge in [0, 0.05) is 39.1 Å². The SMILES string of the molecule is CN(CCn1ccnc1)C(=O)NC[C@@H](c1ccc(F)cc1)N1CCCC1. The molecule has 0 unspecified atom stereocenters. The highest BCUT2D eigenvalue weighted by molar-refractivity contribution is 5.73. The van der Waals surface area contributed by atoms with E-state index in [0.29, 0.717) is 19.6 Å². The van der Waals surface area contributed by atoms with Crippen LogP contribution in [0.3, 0.4) is 0 Å². The third-order valence-corrected chi connectivity index (χ3v) is 4.88. The maximum atomic E-state index is 13.3. The van der Waals surface area contributed by atoms with Gasteiger partial charge in [0.25, 0.3) is 0 Å². The Bertz CT molecular complexity index is 682. The summed E-state index contributed by atoms with van der Waals surface area (Å²) in [6.07, 6.45) is 7.67. The lowest BCUT2D eigenvalue weighted by molar-refractivity contribution is 0.195. The van der Waals surface area contributed by atoms with Crippen molar-refractivity contribution in [3.8, 4) is 0 Å². The average molecular weight is 359 g/mol. The van der Waals surface area contributed by atoms with Gasteiger partial charge in [-0.3, -0.25) is 4.90 Å². The summed E-state index contributed by atoms with van der Waals surface area (Å²) in [5, 5.41) is 3.03. The maximum absolute atomic E-state index is 13.3. The number of benzene rings is 1. The van der Waals surface area contributed by atoms with Crippen molar-refractivity contribution in [2.75, 3.05) is 33.2 Å². The van der Waals surface area contributed by atoms with Crippen LogP contribution in [0, 0.1) is 5.82 Å². The molecule has 1 aromatic heterocycles. The topological polar surface area (TPSA) is 53.4 Å². The van der Waals surface area contributed by atoms with Crippen molar-refractivity contribution in [1.82, 2.24) is 24.7 Å². The molecule has 6 nitrogen and oxygen atoms in total. The Morgan fingerprint density at radius 1 is 1.31 bits per heavy atom. The number of carbonyl (C=O) groups excluding carboxylic acids is 1. The van der Waals surface area contributed by atoms with E-state index >= 15 is 0 Å². The van der Waals surface area contributed by atoms with Gasteiger partial charge in [-0.05, 0) is 43.6 Å². The number of likely N-dealkylation sites (tertiary alicyclic amines) is 1. The van der Waals surface area contributed by atoms with Crippen LogP contribution in [-0.2, 0) is 6.54 Å². The van der Waals surface area contributed by atoms with E-state index in [-0.39, 0.29) is 17.9 Å². The van der Waals surface area contributed by atoms with Gasteiger partial charge in [-0.2, -0.15) is 0 Å². The first-order valence-corrected chi connectivity index (χ1v) is 9.08. The monoisotopic (exact) mass is 359 g/mol. The smallest absolute Gasteiger partial charge is 0.317 e. The van der Waals surface area contributed by atoms with Crippen molar-refractivity contribution in [2.24, 2.45) is 0 Å². The summed E-state index contributed by atoms with van der Waals surface area (Å²) in [6, 6.07) is 6.57. The molecule has 7 heteroatoms.